The Balaban J connectivity index is 2.23. The monoisotopic (exact) mass is 326 g/mol. The van der Waals surface area contributed by atoms with Gasteiger partial charge in [-0.2, -0.15) is 0 Å². The first kappa shape index (κ1) is 14.8. The second-order valence-corrected chi connectivity index (χ2v) is 6.28. The van der Waals surface area contributed by atoms with Crippen LogP contribution in [0.5, 0.6) is 5.75 Å². The molecule has 0 radical (unpaired) electrons. The Hall–Kier alpha value is -0.580. The fourth-order valence-corrected chi connectivity index (χ4v) is 3.38. The second-order valence-electron chi connectivity index (χ2n) is 5.37. The van der Waals surface area contributed by atoms with Gasteiger partial charge in [-0.3, -0.25) is 0 Å². The van der Waals surface area contributed by atoms with E-state index >= 15 is 0 Å². The summed E-state index contributed by atoms with van der Waals surface area (Å²) in [6.07, 6.45) is 2.43. The highest BCUT2D eigenvalue weighted by Gasteiger charge is 2.27. The number of piperidine rings is 1. The molecule has 1 atom stereocenters. The van der Waals surface area contributed by atoms with Gasteiger partial charge in [-0.25, -0.2) is 0 Å². The molecule has 2 N–H and O–H groups in total. The Labute approximate surface area is 124 Å². The highest BCUT2D eigenvalue weighted by molar-refractivity contribution is 9.10. The molecule has 1 heterocycles. The van der Waals surface area contributed by atoms with Gasteiger partial charge in [0.15, 0.2) is 0 Å². The minimum absolute atomic E-state index is 0.390. The fraction of sp³-hybridized carbons (Fsp3) is 0.600. The van der Waals surface area contributed by atoms with Crippen LogP contribution >= 0.6 is 15.9 Å². The van der Waals surface area contributed by atoms with E-state index in [-0.39, 0.29) is 0 Å². The van der Waals surface area contributed by atoms with E-state index in [9.17, 15) is 0 Å². The van der Waals surface area contributed by atoms with Crippen molar-refractivity contribution in [1.82, 2.24) is 4.90 Å². The molecule has 0 spiro atoms. The summed E-state index contributed by atoms with van der Waals surface area (Å²) in [5.74, 6) is 2.00. The number of likely N-dealkylation sites (tertiary alicyclic amines) is 1. The lowest BCUT2D eigenvalue weighted by Crippen LogP contribution is -2.34. The molecule has 0 aromatic heterocycles. The number of nitrogens with two attached hydrogens (primary N) is 1. The van der Waals surface area contributed by atoms with Gasteiger partial charge in [0, 0.05) is 10.4 Å². The average molecular weight is 327 g/mol. The molecule has 3 nitrogen and oxygen atoms in total. The summed E-state index contributed by atoms with van der Waals surface area (Å²) >= 11 is 3.55. The molecule has 0 saturated carbocycles. The first-order valence-corrected chi connectivity index (χ1v) is 7.67. The molecule has 1 saturated heterocycles. The van der Waals surface area contributed by atoms with Crippen molar-refractivity contribution >= 4 is 15.9 Å². The van der Waals surface area contributed by atoms with Crippen LogP contribution in [0.2, 0.25) is 0 Å². The van der Waals surface area contributed by atoms with Gasteiger partial charge < -0.3 is 15.4 Å². The van der Waals surface area contributed by atoms with E-state index in [2.05, 4.69) is 33.9 Å². The summed E-state index contributed by atoms with van der Waals surface area (Å²) in [4.78, 5) is 2.39. The number of hydrogen-bond donors (Lipinski definition) is 1. The number of ether oxygens (including phenoxy) is 1. The van der Waals surface area contributed by atoms with Crippen LogP contribution in [-0.2, 0) is 0 Å². The van der Waals surface area contributed by atoms with E-state index in [1.807, 2.05) is 12.1 Å². The SMILES string of the molecule is COc1ccc(Br)cc1C(CN)C1CCN(C)CC1. The number of nitrogens with zero attached hydrogens (tertiary/aromatic N) is 1. The van der Waals surface area contributed by atoms with E-state index in [1.54, 1.807) is 7.11 Å². The first-order valence-electron chi connectivity index (χ1n) is 6.87. The third-order valence-electron chi connectivity index (χ3n) is 4.18. The zero-order chi connectivity index (χ0) is 13.8. The van der Waals surface area contributed by atoms with Crippen LogP contribution in [0, 0.1) is 5.92 Å². The summed E-state index contributed by atoms with van der Waals surface area (Å²) in [6, 6.07) is 6.20. The van der Waals surface area contributed by atoms with Crippen molar-refractivity contribution in [2.75, 3.05) is 33.8 Å². The molecule has 106 valence electrons. The quantitative estimate of drug-likeness (QED) is 0.924. The minimum atomic E-state index is 0.390. The standard InChI is InChI=1S/C15H23BrN2O/c1-18-7-5-11(6-8-18)14(10-17)13-9-12(16)3-4-15(13)19-2/h3-4,9,11,14H,5-8,10,17H2,1-2H3. The molecule has 1 aliphatic heterocycles. The van der Waals surface area contributed by atoms with Crippen molar-refractivity contribution < 1.29 is 4.74 Å². The lowest BCUT2D eigenvalue weighted by molar-refractivity contribution is 0.198. The zero-order valence-electron chi connectivity index (χ0n) is 11.7. The molecule has 1 fully saturated rings. The summed E-state index contributed by atoms with van der Waals surface area (Å²) < 4.78 is 6.60. The van der Waals surface area contributed by atoms with E-state index in [1.165, 1.54) is 18.4 Å². The van der Waals surface area contributed by atoms with E-state index in [0.29, 0.717) is 18.4 Å². The molecule has 0 bridgehead atoms. The highest BCUT2D eigenvalue weighted by atomic mass is 79.9. The van der Waals surface area contributed by atoms with Gasteiger partial charge in [0.2, 0.25) is 0 Å². The fourth-order valence-electron chi connectivity index (χ4n) is 3.00. The maximum absolute atomic E-state index is 6.06. The topological polar surface area (TPSA) is 38.5 Å². The lowest BCUT2D eigenvalue weighted by Gasteiger charge is -2.34. The van der Waals surface area contributed by atoms with E-state index < -0.39 is 0 Å². The van der Waals surface area contributed by atoms with Gasteiger partial charge in [0.1, 0.15) is 5.75 Å². The summed E-state index contributed by atoms with van der Waals surface area (Å²) in [5, 5.41) is 0. The smallest absolute Gasteiger partial charge is 0.122 e. The molecule has 19 heavy (non-hydrogen) atoms. The van der Waals surface area contributed by atoms with E-state index in [0.717, 1.165) is 23.3 Å². The zero-order valence-corrected chi connectivity index (χ0v) is 13.3. The van der Waals surface area contributed by atoms with Crippen molar-refractivity contribution in [3.63, 3.8) is 0 Å². The first-order chi connectivity index (χ1) is 9.15. The van der Waals surface area contributed by atoms with Crippen molar-refractivity contribution in [3.8, 4) is 5.75 Å². The van der Waals surface area contributed by atoms with Crippen molar-refractivity contribution in [1.29, 1.82) is 0 Å². The van der Waals surface area contributed by atoms with Gasteiger partial charge in [-0.05, 0) is 69.2 Å². The summed E-state index contributed by atoms with van der Waals surface area (Å²) in [5.41, 5.74) is 7.30. The van der Waals surface area contributed by atoms with Crippen LogP contribution in [0.25, 0.3) is 0 Å². The molecule has 1 unspecified atom stereocenters. The van der Waals surface area contributed by atoms with Gasteiger partial charge in [-0.15, -0.1) is 0 Å². The second kappa shape index (κ2) is 6.73. The molecule has 0 amide bonds. The Bertz CT molecular complexity index is 417. The largest absolute Gasteiger partial charge is 0.496 e. The van der Waals surface area contributed by atoms with Crippen molar-refractivity contribution in [2.45, 2.75) is 18.8 Å². The molecule has 4 heteroatoms. The number of benzene rings is 1. The van der Waals surface area contributed by atoms with Gasteiger partial charge in [-0.1, -0.05) is 15.9 Å². The Morgan fingerprint density at radius 3 is 2.68 bits per heavy atom. The predicted molar refractivity (Wildman–Crippen MR) is 82.7 cm³/mol. The average Bonchev–Trinajstić information content (AvgIpc) is 2.42. The van der Waals surface area contributed by atoms with E-state index in [4.69, 9.17) is 10.5 Å². The normalized spacial score (nSPS) is 19.4. The highest BCUT2D eigenvalue weighted by Crippen LogP contribution is 2.37. The number of rotatable bonds is 4. The summed E-state index contributed by atoms with van der Waals surface area (Å²) in [7, 11) is 3.92. The van der Waals surface area contributed by atoms with Crippen LogP contribution < -0.4 is 10.5 Å². The number of halogens is 1. The molecular weight excluding hydrogens is 304 g/mol. The molecule has 2 rings (SSSR count). The van der Waals surface area contributed by atoms with Gasteiger partial charge in [0.05, 0.1) is 7.11 Å². The van der Waals surface area contributed by atoms with Gasteiger partial charge in [0.25, 0.3) is 0 Å². The van der Waals surface area contributed by atoms with Crippen LogP contribution in [0.3, 0.4) is 0 Å². The molecular formula is C15H23BrN2O. The van der Waals surface area contributed by atoms with Crippen molar-refractivity contribution in [3.05, 3.63) is 28.2 Å². The molecule has 1 aromatic carbocycles. The maximum Gasteiger partial charge on any atom is 0.122 e. The van der Waals surface area contributed by atoms with Gasteiger partial charge >= 0.3 is 0 Å². The lowest BCUT2D eigenvalue weighted by atomic mass is 9.80. The Morgan fingerprint density at radius 2 is 2.11 bits per heavy atom. The Morgan fingerprint density at radius 1 is 1.42 bits per heavy atom. The molecule has 1 aromatic rings. The third-order valence-corrected chi connectivity index (χ3v) is 4.67. The Kier molecular flexibility index (Phi) is 5.25. The third kappa shape index (κ3) is 3.50. The van der Waals surface area contributed by atoms with Crippen molar-refractivity contribution in [2.24, 2.45) is 11.7 Å². The molecule has 1 aliphatic rings. The van der Waals surface area contributed by atoms with Crippen LogP contribution in [0.1, 0.15) is 24.3 Å². The maximum atomic E-state index is 6.06. The molecule has 0 aliphatic carbocycles. The van der Waals surface area contributed by atoms with Crippen LogP contribution in [-0.4, -0.2) is 38.7 Å². The number of methoxy groups -OCH3 is 1. The minimum Gasteiger partial charge on any atom is -0.496 e. The number of hydrogen-bond acceptors (Lipinski definition) is 3. The predicted octanol–water partition coefficient (Wildman–Crippen LogP) is 2.84. The van der Waals surface area contributed by atoms with Crippen LogP contribution in [0.4, 0.5) is 0 Å². The van der Waals surface area contributed by atoms with Crippen LogP contribution in [0.15, 0.2) is 22.7 Å². The summed E-state index contributed by atoms with van der Waals surface area (Å²) in [6.45, 7) is 3.01.